The molecule has 0 bridgehead atoms. The highest BCUT2D eigenvalue weighted by Crippen LogP contribution is 2.21. The van der Waals surface area contributed by atoms with Gasteiger partial charge in [-0.25, -0.2) is 0 Å². The van der Waals surface area contributed by atoms with Crippen molar-refractivity contribution in [3.8, 4) is 5.75 Å². The Hall–Kier alpha value is -1.55. The lowest BCUT2D eigenvalue weighted by atomic mass is 9.97. The first kappa shape index (κ1) is 17.5. The van der Waals surface area contributed by atoms with Crippen molar-refractivity contribution in [2.75, 3.05) is 13.2 Å². The van der Waals surface area contributed by atoms with Gasteiger partial charge in [0, 0.05) is 6.42 Å². The average Bonchev–Trinajstić information content (AvgIpc) is 2.45. The summed E-state index contributed by atoms with van der Waals surface area (Å²) in [5.41, 5.74) is 6.03. The normalized spacial score (nSPS) is 14.0. The molecule has 0 radical (unpaired) electrons. The molecule has 118 valence electrons. The van der Waals surface area contributed by atoms with Gasteiger partial charge < -0.3 is 15.8 Å². The molecule has 1 unspecified atom stereocenters. The second-order valence-corrected chi connectivity index (χ2v) is 5.95. The number of primary amides is 1. The molecule has 4 heteroatoms. The number of hydrogen-bond donors (Lipinski definition) is 2. The minimum absolute atomic E-state index is 0.338. The fraction of sp³-hybridized carbons (Fsp3) is 0.588. The van der Waals surface area contributed by atoms with E-state index in [1.807, 2.05) is 25.1 Å². The molecule has 1 aromatic rings. The molecule has 1 rings (SSSR count). The first-order chi connectivity index (χ1) is 9.89. The predicted molar refractivity (Wildman–Crippen MR) is 86.5 cm³/mol. The monoisotopic (exact) mass is 292 g/mol. The number of hydrogen-bond acceptors (Lipinski definition) is 3. The summed E-state index contributed by atoms with van der Waals surface area (Å²) in [5.74, 6) is 0.967. The highest BCUT2D eigenvalue weighted by Gasteiger charge is 2.29. The van der Waals surface area contributed by atoms with Gasteiger partial charge in [-0.1, -0.05) is 32.9 Å². The van der Waals surface area contributed by atoms with Crippen LogP contribution in [0.5, 0.6) is 5.75 Å². The van der Waals surface area contributed by atoms with Crippen LogP contribution in [0.1, 0.15) is 52.0 Å². The quantitative estimate of drug-likeness (QED) is 0.735. The zero-order chi connectivity index (χ0) is 15.9. The molecule has 3 N–H and O–H groups in total. The minimum Gasteiger partial charge on any atom is -0.494 e. The van der Waals surface area contributed by atoms with Crippen molar-refractivity contribution in [2.24, 2.45) is 5.73 Å². The van der Waals surface area contributed by atoms with E-state index in [-0.39, 0.29) is 5.91 Å². The van der Waals surface area contributed by atoms with Crippen LogP contribution in [0.3, 0.4) is 0 Å². The number of nitrogens with two attached hydrogens (primary N) is 1. The van der Waals surface area contributed by atoms with Gasteiger partial charge in [-0.15, -0.1) is 0 Å². The number of carbonyl (C=O) groups excluding carboxylic acids is 1. The number of nitrogens with one attached hydrogen (secondary N) is 1. The van der Waals surface area contributed by atoms with Crippen LogP contribution in [0.2, 0.25) is 0 Å². The van der Waals surface area contributed by atoms with E-state index in [0.717, 1.165) is 18.7 Å². The summed E-state index contributed by atoms with van der Waals surface area (Å²) in [5, 5.41) is 3.21. The van der Waals surface area contributed by atoms with E-state index in [1.54, 1.807) is 0 Å². The highest BCUT2D eigenvalue weighted by atomic mass is 16.5. The molecule has 1 amide bonds. The number of carbonyl (C=O) groups is 1. The van der Waals surface area contributed by atoms with Gasteiger partial charge in [0.15, 0.2) is 0 Å². The molecule has 0 fully saturated rings. The standard InChI is InChI=1S/C17H28N2O2/c1-5-10-19-17(4,16(18)20)9-11-21-15-8-6-7-14(12-15)13(2)3/h6-8,12-13,19H,5,9-11H2,1-4H3,(H2,18,20). The summed E-state index contributed by atoms with van der Waals surface area (Å²) in [7, 11) is 0. The first-order valence-electron chi connectivity index (χ1n) is 7.66. The lowest BCUT2D eigenvalue weighted by Crippen LogP contribution is -2.54. The van der Waals surface area contributed by atoms with Crippen LogP contribution in [0.15, 0.2) is 24.3 Å². The van der Waals surface area contributed by atoms with Crippen LogP contribution in [0.25, 0.3) is 0 Å². The number of ether oxygens (including phenoxy) is 1. The maximum absolute atomic E-state index is 11.6. The van der Waals surface area contributed by atoms with E-state index >= 15 is 0 Å². The van der Waals surface area contributed by atoms with Crippen molar-refractivity contribution < 1.29 is 9.53 Å². The topological polar surface area (TPSA) is 64.3 Å². The van der Waals surface area contributed by atoms with Crippen molar-refractivity contribution in [1.82, 2.24) is 5.32 Å². The summed E-state index contributed by atoms with van der Waals surface area (Å²) < 4.78 is 5.77. The van der Waals surface area contributed by atoms with Crippen molar-refractivity contribution in [1.29, 1.82) is 0 Å². The largest absolute Gasteiger partial charge is 0.494 e. The lowest BCUT2D eigenvalue weighted by molar-refractivity contribution is -0.124. The molecule has 0 heterocycles. The fourth-order valence-electron chi connectivity index (χ4n) is 2.04. The molecule has 0 aliphatic heterocycles. The van der Waals surface area contributed by atoms with Gasteiger partial charge in [0.05, 0.1) is 12.1 Å². The molecule has 0 saturated carbocycles. The Kier molecular flexibility index (Phi) is 6.69. The van der Waals surface area contributed by atoms with E-state index in [0.29, 0.717) is 18.9 Å². The number of amides is 1. The van der Waals surface area contributed by atoms with Gasteiger partial charge in [0.1, 0.15) is 5.75 Å². The van der Waals surface area contributed by atoms with Crippen LogP contribution in [0.4, 0.5) is 0 Å². The fourth-order valence-corrected chi connectivity index (χ4v) is 2.04. The third-order valence-electron chi connectivity index (χ3n) is 3.70. The third kappa shape index (κ3) is 5.38. The van der Waals surface area contributed by atoms with Gasteiger partial charge in [0.2, 0.25) is 5.91 Å². The zero-order valence-corrected chi connectivity index (χ0v) is 13.6. The van der Waals surface area contributed by atoms with Crippen LogP contribution in [-0.4, -0.2) is 24.6 Å². The van der Waals surface area contributed by atoms with Crippen molar-refractivity contribution in [3.05, 3.63) is 29.8 Å². The molecule has 0 saturated heterocycles. The van der Waals surface area contributed by atoms with E-state index in [9.17, 15) is 4.79 Å². The maximum Gasteiger partial charge on any atom is 0.237 e. The number of rotatable bonds is 9. The molecular weight excluding hydrogens is 264 g/mol. The van der Waals surface area contributed by atoms with E-state index in [1.165, 1.54) is 5.56 Å². The van der Waals surface area contributed by atoms with Gasteiger partial charge in [0.25, 0.3) is 0 Å². The van der Waals surface area contributed by atoms with Gasteiger partial charge >= 0.3 is 0 Å². The summed E-state index contributed by atoms with van der Waals surface area (Å²) in [6, 6.07) is 8.07. The second kappa shape index (κ2) is 8.03. The van der Waals surface area contributed by atoms with E-state index in [4.69, 9.17) is 10.5 Å². The summed E-state index contributed by atoms with van der Waals surface area (Å²) in [4.78, 5) is 11.6. The molecule has 1 aromatic carbocycles. The average molecular weight is 292 g/mol. The van der Waals surface area contributed by atoms with Gasteiger partial charge in [-0.2, -0.15) is 0 Å². The van der Waals surface area contributed by atoms with Crippen LogP contribution in [0, 0.1) is 0 Å². The van der Waals surface area contributed by atoms with Crippen molar-refractivity contribution in [2.45, 2.75) is 52.0 Å². The van der Waals surface area contributed by atoms with Crippen LogP contribution >= 0.6 is 0 Å². The summed E-state index contributed by atoms with van der Waals surface area (Å²) >= 11 is 0. The second-order valence-electron chi connectivity index (χ2n) is 5.95. The summed E-state index contributed by atoms with van der Waals surface area (Å²) in [6.07, 6.45) is 1.51. The van der Waals surface area contributed by atoms with Gasteiger partial charge in [-0.05, 0) is 43.5 Å². The smallest absolute Gasteiger partial charge is 0.237 e. The predicted octanol–water partition coefficient (Wildman–Crippen LogP) is 2.82. The van der Waals surface area contributed by atoms with E-state index < -0.39 is 5.54 Å². The molecule has 0 spiro atoms. The van der Waals surface area contributed by atoms with Crippen LogP contribution < -0.4 is 15.8 Å². The Balaban J connectivity index is 2.58. The molecule has 4 nitrogen and oxygen atoms in total. The summed E-state index contributed by atoms with van der Waals surface area (Å²) in [6.45, 7) is 9.41. The Morgan fingerprint density at radius 2 is 2.14 bits per heavy atom. The molecule has 0 aromatic heterocycles. The molecule has 0 aliphatic carbocycles. The highest BCUT2D eigenvalue weighted by molar-refractivity contribution is 5.84. The van der Waals surface area contributed by atoms with Crippen molar-refractivity contribution in [3.63, 3.8) is 0 Å². The van der Waals surface area contributed by atoms with Gasteiger partial charge in [-0.3, -0.25) is 4.79 Å². The molecule has 1 atom stereocenters. The maximum atomic E-state index is 11.6. The third-order valence-corrected chi connectivity index (χ3v) is 3.70. The zero-order valence-electron chi connectivity index (χ0n) is 13.6. The van der Waals surface area contributed by atoms with E-state index in [2.05, 4.69) is 32.2 Å². The van der Waals surface area contributed by atoms with Crippen LogP contribution in [-0.2, 0) is 4.79 Å². The Labute approximate surface area is 128 Å². The molecular formula is C17H28N2O2. The minimum atomic E-state index is -0.717. The lowest BCUT2D eigenvalue weighted by Gasteiger charge is -2.27. The van der Waals surface area contributed by atoms with Crippen molar-refractivity contribution >= 4 is 5.91 Å². The Morgan fingerprint density at radius 3 is 2.71 bits per heavy atom. The molecule has 0 aliphatic rings. The Bertz CT molecular complexity index is 460. The Morgan fingerprint density at radius 1 is 1.43 bits per heavy atom. The number of benzene rings is 1. The first-order valence-corrected chi connectivity index (χ1v) is 7.66. The SMILES string of the molecule is CCCNC(C)(CCOc1cccc(C(C)C)c1)C(N)=O. The molecule has 21 heavy (non-hydrogen) atoms.